The van der Waals surface area contributed by atoms with Crippen LogP contribution >= 0.6 is 15.9 Å². The van der Waals surface area contributed by atoms with E-state index < -0.39 is 0 Å². The fourth-order valence-corrected chi connectivity index (χ4v) is 2.47. The van der Waals surface area contributed by atoms with Crippen molar-refractivity contribution < 1.29 is 0 Å². The van der Waals surface area contributed by atoms with Gasteiger partial charge in [-0.1, -0.05) is 12.1 Å². The highest BCUT2D eigenvalue weighted by atomic mass is 79.9. The van der Waals surface area contributed by atoms with Gasteiger partial charge in [-0.3, -0.25) is 4.98 Å². The monoisotopic (exact) mass is 338 g/mol. The Balaban J connectivity index is 1.87. The number of pyridine rings is 2. The third kappa shape index (κ3) is 3.01. The zero-order chi connectivity index (χ0) is 14.7. The van der Waals surface area contributed by atoms with Crippen LogP contribution in [0.15, 0.2) is 53.3 Å². The Morgan fingerprint density at radius 3 is 2.95 bits per heavy atom. The predicted octanol–water partition coefficient (Wildman–Crippen LogP) is 3.88. The molecule has 2 aromatic heterocycles. The molecule has 0 radical (unpaired) electrons. The Morgan fingerprint density at radius 1 is 1.19 bits per heavy atom. The second kappa shape index (κ2) is 5.90. The SMILES string of the molecule is N#Cc1cc(CNc2cccc3cc(Br)cnc23)ccn1. The first-order valence-electron chi connectivity index (χ1n) is 6.39. The van der Waals surface area contributed by atoms with Crippen molar-refractivity contribution in [3.05, 3.63) is 64.5 Å². The fraction of sp³-hybridized carbons (Fsp3) is 0.0625. The summed E-state index contributed by atoms with van der Waals surface area (Å²) >= 11 is 3.43. The van der Waals surface area contributed by atoms with E-state index in [9.17, 15) is 0 Å². The molecule has 0 aliphatic rings. The van der Waals surface area contributed by atoms with Crippen LogP contribution in [-0.4, -0.2) is 9.97 Å². The molecule has 0 aliphatic carbocycles. The maximum Gasteiger partial charge on any atom is 0.140 e. The first-order chi connectivity index (χ1) is 10.3. The lowest BCUT2D eigenvalue weighted by molar-refractivity contribution is 1.12. The average Bonchev–Trinajstić information content (AvgIpc) is 2.52. The topological polar surface area (TPSA) is 61.6 Å². The molecule has 102 valence electrons. The van der Waals surface area contributed by atoms with Gasteiger partial charge in [0.25, 0.3) is 0 Å². The van der Waals surface area contributed by atoms with Crippen LogP contribution in [0.1, 0.15) is 11.3 Å². The largest absolute Gasteiger partial charge is 0.379 e. The summed E-state index contributed by atoms with van der Waals surface area (Å²) in [6.07, 6.45) is 3.43. The van der Waals surface area contributed by atoms with Crippen LogP contribution in [0.25, 0.3) is 10.9 Å². The van der Waals surface area contributed by atoms with E-state index in [0.717, 1.165) is 26.6 Å². The first kappa shape index (κ1) is 13.5. The average molecular weight is 339 g/mol. The molecule has 0 unspecified atom stereocenters. The van der Waals surface area contributed by atoms with Crippen molar-refractivity contribution in [2.24, 2.45) is 0 Å². The number of halogens is 1. The molecule has 0 amide bonds. The van der Waals surface area contributed by atoms with E-state index in [1.54, 1.807) is 18.5 Å². The molecule has 3 rings (SSSR count). The maximum atomic E-state index is 8.87. The van der Waals surface area contributed by atoms with Crippen LogP contribution in [0.2, 0.25) is 0 Å². The summed E-state index contributed by atoms with van der Waals surface area (Å²) in [4.78, 5) is 8.42. The first-order valence-corrected chi connectivity index (χ1v) is 7.19. The quantitative estimate of drug-likeness (QED) is 0.787. The van der Waals surface area contributed by atoms with Gasteiger partial charge in [0.05, 0.1) is 11.2 Å². The number of hydrogen-bond acceptors (Lipinski definition) is 4. The van der Waals surface area contributed by atoms with Gasteiger partial charge in [-0.05, 0) is 45.8 Å². The minimum atomic E-state index is 0.425. The number of rotatable bonds is 3. The van der Waals surface area contributed by atoms with Crippen LogP contribution < -0.4 is 5.32 Å². The smallest absolute Gasteiger partial charge is 0.140 e. The molecule has 3 aromatic rings. The van der Waals surface area contributed by atoms with Gasteiger partial charge in [0.1, 0.15) is 11.8 Å². The van der Waals surface area contributed by atoms with E-state index >= 15 is 0 Å². The van der Waals surface area contributed by atoms with Crippen molar-refractivity contribution in [1.29, 1.82) is 5.26 Å². The van der Waals surface area contributed by atoms with Gasteiger partial charge in [-0.25, -0.2) is 4.98 Å². The zero-order valence-electron chi connectivity index (χ0n) is 11.0. The number of nitrogens with zero attached hydrogens (tertiary/aromatic N) is 3. The Morgan fingerprint density at radius 2 is 2.10 bits per heavy atom. The molecule has 1 aromatic carbocycles. The molecular formula is C16H11BrN4. The molecule has 0 atom stereocenters. The van der Waals surface area contributed by atoms with Crippen molar-refractivity contribution in [1.82, 2.24) is 9.97 Å². The number of hydrogen-bond donors (Lipinski definition) is 1. The summed E-state index contributed by atoms with van der Waals surface area (Å²) in [5, 5.41) is 13.3. The maximum absolute atomic E-state index is 8.87. The van der Waals surface area contributed by atoms with Gasteiger partial charge in [-0.2, -0.15) is 5.26 Å². The summed E-state index contributed by atoms with van der Waals surface area (Å²) < 4.78 is 0.958. The minimum Gasteiger partial charge on any atom is -0.379 e. The molecule has 0 bridgehead atoms. The number of aromatic nitrogens is 2. The summed E-state index contributed by atoms with van der Waals surface area (Å²) in [7, 11) is 0. The number of para-hydroxylation sites is 1. The molecule has 1 N–H and O–H groups in total. The van der Waals surface area contributed by atoms with E-state index in [1.807, 2.05) is 36.4 Å². The summed E-state index contributed by atoms with van der Waals surface area (Å²) in [5.74, 6) is 0. The van der Waals surface area contributed by atoms with Crippen molar-refractivity contribution in [2.75, 3.05) is 5.32 Å². The van der Waals surface area contributed by atoms with E-state index in [0.29, 0.717) is 12.2 Å². The van der Waals surface area contributed by atoms with E-state index in [2.05, 4.69) is 31.2 Å². The highest BCUT2D eigenvalue weighted by Crippen LogP contribution is 2.24. The van der Waals surface area contributed by atoms with Crippen LogP contribution in [0.3, 0.4) is 0 Å². The van der Waals surface area contributed by atoms with Crippen LogP contribution in [0, 0.1) is 11.3 Å². The standard InChI is InChI=1S/C16H11BrN4/c17-13-7-12-2-1-3-15(16(12)21-10-13)20-9-11-4-5-19-14(6-11)8-18/h1-7,10,20H,9H2. The van der Waals surface area contributed by atoms with E-state index in [4.69, 9.17) is 5.26 Å². The second-order valence-electron chi connectivity index (χ2n) is 4.55. The Labute approximate surface area is 130 Å². The van der Waals surface area contributed by atoms with Gasteiger partial charge in [0.15, 0.2) is 0 Å². The lowest BCUT2D eigenvalue weighted by atomic mass is 10.2. The lowest BCUT2D eigenvalue weighted by Crippen LogP contribution is -2.01. The molecule has 5 heteroatoms. The number of benzene rings is 1. The zero-order valence-corrected chi connectivity index (χ0v) is 12.6. The van der Waals surface area contributed by atoms with Gasteiger partial charge >= 0.3 is 0 Å². The van der Waals surface area contributed by atoms with Gasteiger partial charge in [0.2, 0.25) is 0 Å². The molecule has 21 heavy (non-hydrogen) atoms. The number of fused-ring (bicyclic) bond motifs is 1. The van der Waals surface area contributed by atoms with Crippen LogP contribution in [-0.2, 0) is 6.54 Å². The summed E-state index contributed by atoms with van der Waals surface area (Å²) in [6.45, 7) is 0.619. The van der Waals surface area contributed by atoms with Gasteiger partial charge in [0, 0.05) is 28.8 Å². The Kier molecular flexibility index (Phi) is 3.80. The van der Waals surface area contributed by atoms with Gasteiger partial charge in [-0.15, -0.1) is 0 Å². The summed E-state index contributed by atoms with van der Waals surface area (Å²) in [6, 6.07) is 13.8. The van der Waals surface area contributed by atoms with Crippen molar-refractivity contribution in [3.8, 4) is 6.07 Å². The fourth-order valence-electron chi connectivity index (χ4n) is 2.12. The van der Waals surface area contributed by atoms with Crippen LogP contribution in [0.5, 0.6) is 0 Å². The second-order valence-corrected chi connectivity index (χ2v) is 5.46. The number of anilines is 1. The van der Waals surface area contributed by atoms with Crippen molar-refractivity contribution in [2.45, 2.75) is 6.54 Å². The molecular weight excluding hydrogens is 328 g/mol. The van der Waals surface area contributed by atoms with E-state index in [-0.39, 0.29) is 0 Å². The van der Waals surface area contributed by atoms with E-state index in [1.165, 1.54) is 0 Å². The molecule has 0 aliphatic heterocycles. The predicted molar refractivity (Wildman–Crippen MR) is 85.7 cm³/mol. The Hall–Kier alpha value is -2.45. The van der Waals surface area contributed by atoms with Gasteiger partial charge < -0.3 is 5.32 Å². The third-order valence-corrected chi connectivity index (χ3v) is 3.53. The minimum absolute atomic E-state index is 0.425. The molecule has 4 nitrogen and oxygen atoms in total. The number of nitriles is 1. The molecule has 0 fully saturated rings. The van der Waals surface area contributed by atoms with Crippen molar-refractivity contribution >= 4 is 32.5 Å². The molecule has 0 spiro atoms. The lowest BCUT2D eigenvalue weighted by Gasteiger charge is -2.09. The molecule has 2 heterocycles. The third-order valence-electron chi connectivity index (χ3n) is 3.10. The van der Waals surface area contributed by atoms with Crippen LogP contribution in [0.4, 0.5) is 5.69 Å². The number of nitrogens with one attached hydrogen (secondary N) is 1. The molecule has 0 saturated carbocycles. The van der Waals surface area contributed by atoms with Crippen molar-refractivity contribution in [3.63, 3.8) is 0 Å². The molecule has 0 saturated heterocycles. The normalized spacial score (nSPS) is 10.3. The summed E-state index contributed by atoms with van der Waals surface area (Å²) in [5.41, 5.74) is 3.33. The Bertz CT molecular complexity index is 839. The highest BCUT2D eigenvalue weighted by molar-refractivity contribution is 9.10. The highest BCUT2D eigenvalue weighted by Gasteiger charge is 2.03.